The van der Waals surface area contributed by atoms with Gasteiger partial charge in [0, 0.05) is 53.9 Å². The van der Waals surface area contributed by atoms with Gasteiger partial charge in [-0.1, -0.05) is 70.7 Å². The normalized spacial score (nSPS) is 11.2. The van der Waals surface area contributed by atoms with Crippen molar-refractivity contribution in [2.45, 2.75) is 29.6 Å². The van der Waals surface area contributed by atoms with E-state index in [2.05, 4.69) is 44.3 Å². The molecule has 0 unspecified atom stereocenters. The summed E-state index contributed by atoms with van der Waals surface area (Å²) in [6.45, 7) is -0.206. The van der Waals surface area contributed by atoms with E-state index in [-0.39, 0.29) is 78.8 Å². The number of rotatable bonds is 14. The summed E-state index contributed by atoms with van der Waals surface area (Å²) in [7, 11) is -8.24. The van der Waals surface area contributed by atoms with Gasteiger partial charge >= 0.3 is 0 Å². The van der Waals surface area contributed by atoms with Gasteiger partial charge in [-0.25, -0.2) is 36.8 Å². The molecule has 7 rings (SSSR count). The molecule has 0 aliphatic heterocycles. The predicted molar refractivity (Wildman–Crippen MR) is 225 cm³/mol. The highest BCUT2D eigenvalue weighted by Gasteiger charge is 2.25. The van der Waals surface area contributed by atoms with Crippen molar-refractivity contribution in [3.05, 3.63) is 159 Å². The van der Waals surface area contributed by atoms with E-state index in [4.69, 9.17) is 55.9 Å². The van der Waals surface area contributed by atoms with E-state index in [0.717, 1.165) is 16.7 Å². The summed E-state index contributed by atoms with van der Waals surface area (Å²) in [4.78, 5) is 28.4. The first kappa shape index (κ1) is 43.8. The van der Waals surface area contributed by atoms with Crippen molar-refractivity contribution in [2.75, 3.05) is 9.44 Å². The number of ether oxygens (including phenoxy) is 2. The molecule has 7 aromatic rings. The zero-order valence-electron chi connectivity index (χ0n) is 30.5. The number of aliphatic hydroxyl groups is 1. The number of pyridine rings is 3. The molecule has 0 saturated carbocycles. The number of aliphatic hydroxyl groups excluding tert-OH is 1. The number of nitrogens with one attached hydrogen (secondary N) is 2. The first-order valence-corrected chi connectivity index (χ1v) is 21.5. The van der Waals surface area contributed by atoms with Crippen LogP contribution in [0.3, 0.4) is 0 Å². The molecular weight excluding hydrogens is 900 g/mol. The van der Waals surface area contributed by atoms with E-state index in [1.54, 1.807) is 67.5 Å². The van der Waals surface area contributed by atoms with Crippen LogP contribution in [0.15, 0.2) is 132 Å². The maximum atomic E-state index is 13.0. The van der Waals surface area contributed by atoms with Crippen molar-refractivity contribution in [1.82, 2.24) is 34.9 Å². The molecule has 3 N–H and O–H groups in total. The van der Waals surface area contributed by atoms with Crippen LogP contribution in [0.25, 0.3) is 11.3 Å². The minimum Gasteiger partial charge on any atom is -0.470 e. The van der Waals surface area contributed by atoms with Crippen LogP contribution in [0.5, 0.6) is 11.8 Å². The predicted octanol–water partition coefficient (Wildman–Crippen LogP) is 7.67. The third-order valence-electron chi connectivity index (χ3n) is 7.74. The largest absolute Gasteiger partial charge is 0.470 e. The quantitative estimate of drug-likeness (QED) is 0.0953. The van der Waals surface area contributed by atoms with Crippen LogP contribution in [0.4, 0.5) is 11.6 Å². The molecule has 0 aliphatic rings. The van der Waals surface area contributed by atoms with E-state index in [1.807, 2.05) is 6.07 Å². The molecule has 0 fully saturated rings. The fourth-order valence-electron chi connectivity index (χ4n) is 4.88. The number of halogens is 4. The first-order valence-electron chi connectivity index (χ1n) is 17.1. The van der Waals surface area contributed by atoms with Crippen molar-refractivity contribution in [3.63, 3.8) is 0 Å². The minimum atomic E-state index is -4.12. The smallest absolute Gasteiger partial charge is 0.264 e. The third kappa shape index (κ3) is 11.3. The molecule has 0 bridgehead atoms. The lowest BCUT2D eigenvalue weighted by Crippen LogP contribution is -2.16. The summed E-state index contributed by atoms with van der Waals surface area (Å²) in [5.41, 5.74) is 2.95. The summed E-state index contributed by atoms with van der Waals surface area (Å²) >= 11 is 24.0. The van der Waals surface area contributed by atoms with E-state index in [9.17, 15) is 21.9 Å². The highest BCUT2D eigenvalue weighted by molar-refractivity contribution is 7.93. The Bertz CT molecular complexity index is 2800. The van der Waals surface area contributed by atoms with Gasteiger partial charge in [-0.05, 0) is 48.5 Å². The second-order valence-electron chi connectivity index (χ2n) is 11.9. The number of nitrogens with zero attached hydrogens (tertiary/aromatic N) is 7. The van der Waals surface area contributed by atoms with E-state index in [0.29, 0.717) is 5.69 Å². The van der Waals surface area contributed by atoms with Gasteiger partial charge in [-0.2, -0.15) is 0 Å². The molecule has 16 nitrogen and oxygen atoms in total. The van der Waals surface area contributed by atoms with Crippen LogP contribution in [-0.2, 0) is 39.9 Å². The first-order chi connectivity index (χ1) is 28.8. The molecule has 60 heavy (non-hydrogen) atoms. The van der Waals surface area contributed by atoms with Gasteiger partial charge in [0.15, 0.2) is 0 Å². The Morgan fingerprint density at radius 2 is 1.07 bits per heavy atom. The summed E-state index contributed by atoms with van der Waals surface area (Å²) < 4.78 is 67.4. The lowest BCUT2D eigenvalue weighted by molar-refractivity contribution is 0.265. The standard InChI is InChI=1S/C21H15Cl2N5O3S.C17H14Cl2N4O4S/c22-16-4-1-5-18(19(16)23)32(29,30)28-20-21(31-13-14-3-2-8-25-11-14)27-17(12-26-20)15-6-9-24-10-7-15;18-13-4-1-5-14(15(13)19)28(25,26)23-16-17(22-12(9-24)8-21-16)27-10-11-3-2-6-20-7-11/h1-12H,13H2,(H,26,28);1-8,24H,9-10H2,(H,21,23). The van der Waals surface area contributed by atoms with Crippen molar-refractivity contribution in [3.8, 4) is 23.0 Å². The molecule has 0 atom stereocenters. The monoisotopic (exact) mass is 927 g/mol. The van der Waals surface area contributed by atoms with Gasteiger partial charge in [0.25, 0.3) is 31.8 Å². The third-order valence-corrected chi connectivity index (χ3v) is 12.4. The number of benzene rings is 2. The van der Waals surface area contributed by atoms with Gasteiger partial charge in [-0.15, -0.1) is 0 Å². The summed E-state index contributed by atoms with van der Waals surface area (Å²) in [6, 6.07) is 19.2. The average molecular weight is 930 g/mol. The van der Waals surface area contributed by atoms with Crippen molar-refractivity contribution in [2.24, 2.45) is 0 Å². The Hall–Kier alpha value is -5.73. The highest BCUT2D eigenvalue weighted by Crippen LogP contribution is 2.33. The lowest BCUT2D eigenvalue weighted by atomic mass is 10.2. The Kier molecular flexibility index (Phi) is 14.6. The Labute approximate surface area is 363 Å². The molecule has 2 aromatic carbocycles. The Morgan fingerprint density at radius 1 is 0.567 bits per heavy atom. The van der Waals surface area contributed by atoms with Gasteiger partial charge in [0.1, 0.15) is 23.0 Å². The highest BCUT2D eigenvalue weighted by atomic mass is 35.5. The van der Waals surface area contributed by atoms with Gasteiger partial charge < -0.3 is 14.6 Å². The van der Waals surface area contributed by atoms with Gasteiger partial charge in [0.2, 0.25) is 11.6 Å². The fourth-order valence-corrected chi connectivity index (χ4v) is 8.41. The number of anilines is 2. The molecular formula is C38H29Cl4N9O7S2. The molecule has 0 amide bonds. The molecule has 5 heterocycles. The summed E-state index contributed by atoms with van der Waals surface area (Å²) in [5.74, 6) is -0.359. The zero-order valence-corrected chi connectivity index (χ0v) is 35.2. The topological polar surface area (TPSA) is 221 Å². The molecule has 0 saturated heterocycles. The van der Waals surface area contributed by atoms with Crippen LogP contribution >= 0.6 is 46.4 Å². The Balaban J connectivity index is 0.000000203. The van der Waals surface area contributed by atoms with E-state index < -0.39 is 20.0 Å². The minimum absolute atomic E-state index is 0.00936. The van der Waals surface area contributed by atoms with Crippen molar-refractivity contribution >= 4 is 78.1 Å². The fraction of sp³-hybridized carbons (Fsp3) is 0.0789. The SMILES string of the molecule is O=S(=O)(Nc1ncc(-c2ccncc2)nc1OCc1cccnc1)c1cccc(Cl)c1Cl.O=S(=O)(Nc1ncc(CO)nc1OCc1cccnc1)c1cccc(Cl)c1Cl. The molecule has 5 aromatic heterocycles. The van der Waals surface area contributed by atoms with Crippen LogP contribution < -0.4 is 18.9 Å². The maximum absolute atomic E-state index is 13.0. The van der Waals surface area contributed by atoms with Crippen LogP contribution in [-0.4, -0.2) is 56.8 Å². The van der Waals surface area contributed by atoms with Gasteiger partial charge in [0.05, 0.1) is 50.5 Å². The van der Waals surface area contributed by atoms with Crippen LogP contribution in [0.1, 0.15) is 16.8 Å². The molecule has 308 valence electrons. The number of hydrogen-bond donors (Lipinski definition) is 3. The number of aromatic nitrogens is 7. The molecule has 0 spiro atoms. The van der Waals surface area contributed by atoms with Crippen molar-refractivity contribution in [1.29, 1.82) is 0 Å². The second-order valence-corrected chi connectivity index (χ2v) is 16.8. The van der Waals surface area contributed by atoms with E-state index in [1.165, 1.54) is 48.8 Å². The Morgan fingerprint density at radius 3 is 1.55 bits per heavy atom. The van der Waals surface area contributed by atoms with Crippen LogP contribution in [0.2, 0.25) is 20.1 Å². The summed E-state index contributed by atoms with van der Waals surface area (Å²) in [6.07, 6.45) is 12.4. The number of hydrogen-bond acceptors (Lipinski definition) is 14. The average Bonchev–Trinajstić information content (AvgIpc) is 3.25. The number of sulfonamides is 2. The lowest BCUT2D eigenvalue weighted by Gasteiger charge is -2.14. The van der Waals surface area contributed by atoms with E-state index >= 15 is 0 Å². The molecule has 0 radical (unpaired) electrons. The molecule has 22 heteroatoms. The zero-order chi connectivity index (χ0) is 42.7. The summed E-state index contributed by atoms with van der Waals surface area (Å²) in [5, 5.41) is 9.27. The van der Waals surface area contributed by atoms with Crippen molar-refractivity contribution < 1.29 is 31.4 Å². The molecule has 0 aliphatic carbocycles. The van der Waals surface area contributed by atoms with Gasteiger partial charge in [-0.3, -0.25) is 24.4 Å². The maximum Gasteiger partial charge on any atom is 0.264 e. The van der Waals surface area contributed by atoms with Crippen LogP contribution in [0, 0.1) is 0 Å². The second kappa shape index (κ2) is 20.0.